The lowest BCUT2D eigenvalue weighted by Gasteiger charge is -2.33. The molecule has 1 aliphatic heterocycles. The van der Waals surface area contributed by atoms with Gasteiger partial charge in [-0.3, -0.25) is 4.79 Å². The SMILES string of the molecule is CCC(C)N(CCOC)C(=O)C1COCCN1. The smallest absolute Gasteiger partial charge is 0.242 e. The number of carbonyl (C=O) groups is 1. The van der Waals surface area contributed by atoms with E-state index in [9.17, 15) is 4.79 Å². The van der Waals surface area contributed by atoms with Crippen LogP contribution in [0.2, 0.25) is 0 Å². The molecule has 100 valence electrons. The van der Waals surface area contributed by atoms with Crippen LogP contribution in [-0.4, -0.2) is 62.9 Å². The van der Waals surface area contributed by atoms with Crippen molar-refractivity contribution in [1.29, 1.82) is 0 Å². The minimum Gasteiger partial charge on any atom is -0.383 e. The van der Waals surface area contributed by atoms with Crippen LogP contribution in [0.4, 0.5) is 0 Å². The van der Waals surface area contributed by atoms with Gasteiger partial charge in [0.25, 0.3) is 0 Å². The van der Waals surface area contributed by atoms with Crippen molar-refractivity contribution in [2.75, 3.05) is 40.0 Å². The van der Waals surface area contributed by atoms with Crippen LogP contribution in [0.15, 0.2) is 0 Å². The summed E-state index contributed by atoms with van der Waals surface area (Å²) in [6.07, 6.45) is 0.947. The van der Waals surface area contributed by atoms with E-state index in [2.05, 4.69) is 19.2 Å². The minimum atomic E-state index is -0.199. The summed E-state index contributed by atoms with van der Waals surface area (Å²) in [5, 5.41) is 3.20. The first kappa shape index (κ1) is 14.4. The molecule has 5 heteroatoms. The molecule has 1 aliphatic rings. The molecular weight excluding hydrogens is 220 g/mol. The van der Waals surface area contributed by atoms with Gasteiger partial charge in [0.05, 0.1) is 19.8 Å². The molecule has 0 saturated carbocycles. The number of nitrogens with one attached hydrogen (secondary N) is 1. The first-order valence-electron chi connectivity index (χ1n) is 6.31. The highest BCUT2D eigenvalue weighted by Crippen LogP contribution is 2.08. The fourth-order valence-electron chi connectivity index (χ4n) is 1.88. The Morgan fingerprint density at radius 3 is 2.94 bits per heavy atom. The zero-order chi connectivity index (χ0) is 12.7. The maximum Gasteiger partial charge on any atom is 0.242 e. The molecular formula is C12H24N2O3. The van der Waals surface area contributed by atoms with Gasteiger partial charge in [0.1, 0.15) is 6.04 Å². The highest BCUT2D eigenvalue weighted by atomic mass is 16.5. The van der Waals surface area contributed by atoms with Crippen molar-refractivity contribution in [2.24, 2.45) is 0 Å². The molecule has 0 aromatic rings. The van der Waals surface area contributed by atoms with Crippen molar-refractivity contribution in [1.82, 2.24) is 10.2 Å². The summed E-state index contributed by atoms with van der Waals surface area (Å²) in [5.74, 6) is 0.121. The second kappa shape index (κ2) is 7.63. The van der Waals surface area contributed by atoms with Gasteiger partial charge in [-0.1, -0.05) is 6.92 Å². The number of morpholine rings is 1. The fraction of sp³-hybridized carbons (Fsp3) is 0.917. The van der Waals surface area contributed by atoms with Crippen molar-refractivity contribution in [3.8, 4) is 0 Å². The molecule has 0 aromatic heterocycles. The largest absolute Gasteiger partial charge is 0.383 e. The third kappa shape index (κ3) is 4.26. The van der Waals surface area contributed by atoms with E-state index in [1.165, 1.54) is 0 Å². The second-order valence-corrected chi connectivity index (χ2v) is 4.36. The number of carbonyl (C=O) groups excluding carboxylic acids is 1. The van der Waals surface area contributed by atoms with Gasteiger partial charge in [-0.2, -0.15) is 0 Å². The van der Waals surface area contributed by atoms with Crippen LogP contribution >= 0.6 is 0 Å². The number of methoxy groups -OCH3 is 1. The third-order valence-electron chi connectivity index (χ3n) is 3.16. The minimum absolute atomic E-state index is 0.121. The zero-order valence-electron chi connectivity index (χ0n) is 11.1. The van der Waals surface area contributed by atoms with Crippen LogP contribution in [0.25, 0.3) is 0 Å². The lowest BCUT2D eigenvalue weighted by atomic mass is 10.1. The maximum absolute atomic E-state index is 12.3. The Labute approximate surface area is 103 Å². The summed E-state index contributed by atoms with van der Waals surface area (Å²) in [6, 6.07) is 0.0379. The summed E-state index contributed by atoms with van der Waals surface area (Å²) in [4.78, 5) is 14.2. The number of nitrogens with zero attached hydrogens (tertiary/aromatic N) is 1. The van der Waals surface area contributed by atoms with E-state index in [1.54, 1.807) is 7.11 Å². The molecule has 2 atom stereocenters. The Bertz CT molecular complexity index is 230. The third-order valence-corrected chi connectivity index (χ3v) is 3.16. The molecule has 2 unspecified atom stereocenters. The van der Waals surface area contributed by atoms with Crippen molar-refractivity contribution in [2.45, 2.75) is 32.4 Å². The molecule has 0 aliphatic carbocycles. The summed E-state index contributed by atoms with van der Waals surface area (Å²) >= 11 is 0. The van der Waals surface area contributed by atoms with Crippen molar-refractivity contribution in [3.05, 3.63) is 0 Å². The van der Waals surface area contributed by atoms with Gasteiger partial charge < -0.3 is 19.7 Å². The van der Waals surface area contributed by atoms with Gasteiger partial charge in [0.15, 0.2) is 0 Å². The predicted octanol–water partition coefficient (Wildman–Crippen LogP) is 0.248. The molecule has 0 bridgehead atoms. The predicted molar refractivity (Wildman–Crippen MR) is 66.0 cm³/mol. The summed E-state index contributed by atoms with van der Waals surface area (Å²) in [5.41, 5.74) is 0. The van der Waals surface area contributed by atoms with Crippen molar-refractivity contribution in [3.63, 3.8) is 0 Å². The molecule has 0 aromatic carbocycles. The first-order valence-corrected chi connectivity index (χ1v) is 6.31. The maximum atomic E-state index is 12.3. The summed E-state index contributed by atoms with van der Waals surface area (Å²) in [6.45, 7) is 7.27. The van der Waals surface area contributed by atoms with Crippen molar-refractivity contribution < 1.29 is 14.3 Å². The quantitative estimate of drug-likeness (QED) is 0.727. The van der Waals surface area contributed by atoms with Crippen LogP contribution in [0.3, 0.4) is 0 Å². The van der Waals surface area contributed by atoms with E-state index in [0.29, 0.717) is 26.4 Å². The van der Waals surface area contributed by atoms with Crippen LogP contribution in [0, 0.1) is 0 Å². The topological polar surface area (TPSA) is 50.8 Å². The summed E-state index contributed by atoms with van der Waals surface area (Å²) in [7, 11) is 1.65. The van der Waals surface area contributed by atoms with Gasteiger partial charge in [0, 0.05) is 26.2 Å². The monoisotopic (exact) mass is 244 g/mol. The van der Waals surface area contributed by atoms with Gasteiger partial charge in [-0.25, -0.2) is 0 Å². The van der Waals surface area contributed by atoms with E-state index >= 15 is 0 Å². The lowest BCUT2D eigenvalue weighted by Crippen LogP contribution is -2.55. The van der Waals surface area contributed by atoms with E-state index in [1.807, 2.05) is 4.90 Å². The van der Waals surface area contributed by atoms with Gasteiger partial charge >= 0.3 is 0 Å². The van der Waals surface area contributed by atoms with Gasteiger partial charge in [-0.15, -0.1) is 0 Å². The zero-order valence-corrected chi connectivity index (χ0v) is 11.1. The van der Waals surface area contributed by atoms with Gasteiger partial charge in [0.2, 0.25) is 5.91 Å². The lowest BCUT2D eigenvalue weighted by molar-refractivity contribution is -0.139. The first-order chi connectivity index (χ1) is 8.20. The van der Waals surface area contributed by atoms with E-state index in [4.69, 9.17) is 9.47 Å². The Morgan fingerprint density at radius 2 is 2.41 bits per heavy atom. The second-order valence-electron chi connectivity index (χ2n) is 4.36. The molecule has 1 amide bonds. The normalized spacial score (nSPS) is 22.2. The number of hydrogen-bond donors (Lipinski definition) is 1. The average Bonchev–Trinajstić information content (AvgIpc) is 2.39. The van der Waals surface area contributed by atoms with Crippen molar-refractivity contribution >= 4 is 5.91 Å². The molecule has 1 saturated heterocycles. The molecule has 1 rings (SSSR count). The number of hydrogen-bond acceptors (Lipinski definition) is 4. The van der Waals surface area contributed by atoms with Crippen LogP contribution < -0.4 is 5.32 Å². The van der Waals surface area contributed by atoms with Crippen LogP contribution in [0.1, 0.15) is 20.3 Å². The van der Waals surface area contributed by atoms with E-state index in [-0.39, 0.29) is 18.0 Å². The van der Waals surface area contributed by atoms with E-state index < -0.39 is 0 Å². The average molecular weight is 244 g/mol. The van der Waals surface area contributed by atoms with Gasteiger partial charge in [-0.05, 0) is 13.3 Å². The molecule has 1 fully saturated rings. The Morgan fingerprint density at radius 1 is 1.65 bits per heavy atom. The van der Waals surface area contributed by atoms with Crippen LogP contribution in [0.5, 0.6) is 0 Å². The molecule has 5 nitrogen and oxygen atoms in total. The Hall–Kier alpha value is -0.650. The standard InChI is InChI=1S/C12H24N2O3/c1-4-10(2)14(6-8-16-3)12(15)11-9-17-7-5-13-11/h10-11,13H,4-9H2,1-3H3. The Kier molecular flexibility index (Phi) is 6.47. The van der Waals surface area contributed by atoms with Crippen LogP contribution in [-0.2, 0) is 14.3 Å². The summed E-state index contributed by atoms with van der Waals surface area (Å²) < 4.78 is 10.4. The van der Waals surface area contributed by atoms with E-state index in [0.717, 1.165) is 13.0 Å². The molecule has 1 heterocycles. The number of ether oxygens (including phenoxy) is 2. The number of amides is 1. The fourth-order valence-corrected chi connectivity index (χ4v) is 1.88. The molecule has 0 spiro atoms. The highest BCUT2D eigenvalue weighted by Gasteiger charge is 2.28. The Balaban J connectivity index is 2.56. The highest BCUT2D eigenvalue weighted by molar-refractivity contribution is 5.82. The molecule has 0 radical (unpaired) electrons. The molecule has 1 N–H and O–H groups in total. The number of rotatable bonds is 6. The molecule has 17 heavy (non-hydrogen) atoms.